The first-order valence-electron chi connectivity index (χ1n) is 19.3. The van der Waals surface area contributed by atoms with Gasteiger partial charge in [0, 0.05) is 17.2 Å². The molecule has 0 aromatic heterocycles. The van der Waals surface area contributed by atoms with E-state index in [2.05, 4.69) is 218 Å². The lowest BCUT2D eigenvalue weighted by molar-refractivity contribution is 0.724. The van der Waals surface area contributed by atoms with Gasteiger partial charge in [-0.15, -0.1) is 0 Å². The third-order valence-electron chi connectivity index (χ3n) is 11.1. The molecule has 0 radical (unpaired) electrons. The number of hydrogen-bond acceptors (Lipinski definition) is 3. The minimum absolute atomic E-state index is 0.0242. The van der Waals surface area contributed by atoms with Gasteiger partial charge in [-0.05, 0) is 79.4 Å². The lowest BCUT2D eigenvalue weighted by atomic mass is 9.74. The topological polar surface area (TPSA) is 36.8 Å². The number of amidine groups is 1. The van der Waals surface area contributed by atoms with Gasteiger partial charge in [0.25, 0.3) is 0 Å². The van der Waals surface area contributed by atoms with Crippen molar-refractivity contribution in [1.29, 1.82) is 0 Å². The van der Waals surface area contributed by atoms with Crippen molar-refractivity contribution < 1.29 is 0 Å². The first-order valence-corrected chi connectivity index (χ1v) is 19.3. The molecule has 2 aliphatic heterocycles. The minimum Gasteiger partial charge on any atom is -0.340 e. The Balaban J connectivity index is 1.04. The predicted molar refractivity (Wildman–Crippen MR) is 234 cm³/mol. The van der Waals surface area contributed by atoms with E-state index < -0.39 is 0 Å². The standard InChI is InChI=1S/C53H39N3/c1-5-13-36(14-6-1)38-21-26-43(27-22-38)50-35-51(44-28-23-39(24-29-44)37-15-7-2-8-16-37)56-53(55-50)45-30-25-41-31-32-48-52(46(41)33-45)47(40-17-9-3-10-18-40)34-49(54-48)42-19-11-4-12-20-42/h1-35,48,50,52H,(H,55,56). The quantitative estimate of drug-likeness (QED) is 0.175. The fourth-order valence-electron chi connectivity index (χ4n) is 8.20. The Kier molecular flexibility index (Phi) is 8.74. The maximum atomic E-state index is 5.42. The molecule has 3 aliphatic rings. The highest BCUT2D eigenvalue weighted by molar-refractivity contribution is 6.14. The third kappa shape index (κ3) is 6.54. The van der Waals surface area contributed by atoms with Crippen LogP contribution in [0.5, 0.6) is 0 Å². The zero-order valence-corrected chi connectivity index (χ0v) is 30.8. The fraction of sp³-hybridized carbons (Fsp3) is 0.0566. The molecule has 0 fully saturated rings. The summed E-state index contributed by atoms with van der Waals surface area (Å²) >= 11 is 0. The van der Waals surface area contributed by atoms with Crippen LogP contribution in [0.1, 0.15) is 50.9 Å². The van der Waals surface area contributed by atoms with Crippen LogP contribution in [0.3, 0.4) is 0 Å². The average molecular weight is 718 g/mol. The molecule has 7 aromatic carbocycles. The van der Waals surface area contributed by atoms with E-state index in [0.717, 1.165) is 39.5 Å². The molecule has 56 heavy (non-hydrogen) atoms. The normalized spacial score (nSPS) is 18.3. The molecule has 2 heterocycles. The first-order chi connectivity index (χ1) is 27.7. The Morgan fingerprint density at radius 3 is 1.59 bits per heavy atom. The summed E-state index contributed by atoms with van der Waals surface area (Å²) in [5, 5.41) is 3.78. The Morgan fingerprint density at radius 1 is 0.446 bits per heavy atom. The fourth-order valence-corrected chi connectivity index (χ4v) is 8.20. The number of allylic oxidation sites excluding steroid dienone is 1. The summed E-state index contributed by atoms with van der Waals surface area (Å²) in [7, 11) is 0. The smallest absolute Gasteiger partial charge is 0.133 e. The summed E-state index contributed by atoms with van der Waals surface area (Å²) in [4.78, 5) is 10.8. The monoisotopic (exact) mass is 717 g/mol. The minimum atomic E-state index is -0.170. The van der Waals surface area contributed by atoms with Crippen LogP contribution in [0, 0.1) is 0 Å². The highest BCUT2D eigenvalue weighted by Crippen LogP contribution is 2.45. The molecule has 3 unspecified atom stereocenters. The molecular formula is C53H39N3. The van der Waals surface area contributed by atoms with Gasteiger partial charge in [-0.1, -0.05) is 194 Å². The first kappa shape index (κ1) is 33.5. The van der Waals surface area contributed by atoms with Crippen LogP contribution in [0.2, 0.25) is 0 Å². The number of dihydropyridines is 1. The summed E-state index contributed by atoms with van der Waals surface area (Å²) in [6.07, 6.45) is 9.07. The largest absolute Gasteiger partial charge is 0.340 e. The maximum Gasteiger partial charge on any atom is 0.133 e. The summed E-state index contributed by atoms with van der Waals surface area (Å²) < 4.78 is 0. The number of nitrogens with zero attached hydrogens (tertiary/aromatic N) is 2. The molecule has 1 N–H and O–H groups in total. The number of nitrogens with one attached hydrogen (secondary N) is 1. The number of aliphatic imine (C=N–C) groups is 2. The van der Waals surface area contributed by atoms with Gasteiger partial charge in [0.1, 0.15) is 5.84 Å². The van der Waals surface area contributed by atoms with Crippen molar-refractivity contribution in [2.45, 2.75) is 18.0 Å². The molecule has 0 amide bonds. The van der Waals surface area contributed by atoms with Gasteiger partial charge >= 0.3 is 0 Å². The summed E-state index contributed by atoms with van der Waals surface area (Å²) in [5.74, 6) is 0.922. The second kappa shape index (κ2) is 14.6. The lowest BCUT2D eigenvalue weighted by Gasteiger charge is -2.34. The predicted octanol–water partition coefficient (Wildman–Crippen LogP) is 12.2. The zero-order chi connectivity index (χ0) is 37.3. The van der Waals surface area contributed by atoms with Gasteiger partial charge < -0.3 is 5.32 Å². The van der Waals surface area contributed by atoms with Crippen molar-refractivity contribution in [3.05, 3.63) is 245 Å². The molecule has 0 bridgehead atoms. The molecule has 1 aliphatic carbocycles. The van der Waals surface area contributed by atoms with Gasteiger partial charge in [-0.25, -0.2) is 0 Å². The molecule has 0 saturated carbocycles. The van der Waals surface area contributed by atoms with E-state index >= 15 is 0 Å². The van der Waals surface area contributed by atoms with Gasteiger partial charge in [-0.2, -0.15) is 0 Å². The molecule has 7 aromatic rings. The van der Waals surface area contributed by atoms with Crippen molar-refractivity contribution in [2.24, 2.45) is 9.98 Å². The second-order valence-electron chi connectivity index (χ2n) is 14.6. The van der Waals surface area contributed by atoms with E-state index in [1.54, 1.807) is 0 Å². The number of benzene rings is 7. The van der Waals surface area contributed by atoms with E-state index in [-0.39, 0.29) is 18.0 Å². The SMILES string of the molecule is C1=CC2N=C(c3ccccc3)C=C(c3ccccc3)C2c2cc(C3=NC(c4ccc(-c5ccccc5)cc4)C=C(c4ccc(-c5ccccc5)cc4)N3)ccc21. The van der Waals surface area contributed by atoms with E-state index in [9.17, 15) is 0 Å². The molecule has 0 saturated heterocycles. The van der Waals surface area contributed by atoms with Gasteiger partial charge in [0.2, 0.25) is 0 Å². The van der Waals surface area contributed by atoms with Gasteiger partial charge in [0.15, 0.2) is 0 Å². The Morgan fingerprint density at radius 2 is 0.964 bits per heavy atom. The summed E-state index contributed by atoms with van der Waals surface area (Å²) in [5.41, 5.74) is 16.3. The average Bonchev–Trinajstić information content (AvgIpc) is 3.29. The molecule has 3 heteroatoms. The van der Waals surface area contributed by atoms with Gasteiger partial charge in [0.05, 0.1) is 17.8 Å². The van der Waals surface area contributed by atoms with Crippen molar-refractivity contribution >= 4 is 28.9 Å². The summed E-state index contributed by atoms with van der Waals surface area (Å²) in [6.45, 7) is 0. The van der Waals surface area contributed by atoms with Crippen molar-refractivity contribution in [3.63, 3.8) is 0 Å². The Hall–Kier alpha value is -7.10. The highest BCUT2D eigenvalue weighted by Gasteiger charge is 2.34. The van der Waals surface area contributed by atoms with Crippen LogP contribution >= 0.6 is 0 Å². The van der Waals surface area contributed by atoms with Crippen LogP contribution in [0.4, 0.5) is 0 Å². The van der Waals surface area contributed by atoms with Crippen LogP contribution in [0.15, 0.2) is 216 Å². The molecule has 3 atom stereocenters. The number of fused-ring (bicyclic) bond motifs is 3. The molecule has 10 rings (SSSR count). The van der Waals surface area contributed by atoms with Crippen LogP contribution in [-0.4, -0.2) is 17.6 Å². The van der Waals surface area contributed by atoms with Crippen molar-refractivity contribution in [1.82, 2.24) is 5.32 Å². The van der Waals surface area contributed by atoms with E-state index in [1.807, 2.05) is 0 Å². The Bertz CT molecular complexity index is 2670. The van der Waals surface area contributed by atoms with Crippen LogP contribution < -0.4 is 5.32 Å². The third-order valence-corrected chi connectivity index (χ3v) is 11.1. The number of rotatable bonds is 7. The molecular weight excluding hydrogens is 679 g/mol. The Labute approximate surface area is 328 Å². The molecule has 0 spiro atoms. The summed E-state index contributed by atoms with van der Waals surface area (Å²) in [6, 6.07) is 66.7. The zero-order valence-electron chi connectivity index (χ0n) is 30.8. The highest BCUT2D eigenvalue weighted by atomic mass is 15.0. The van der Waals surface area contributed by atoms with E-state index in [4.69, 9.17) is 9.98 Å². The van der Waals surface area contributed by atoms with Crippen molar-refractivity contribution in [2.75, 3.05) is 0 Å². The van der Waals surface area contributed by atoms with Crippen LogP contribution in [0.25, 0.3) is 39.6 Å². The van der Waals surface area contributed by atoms with Crippen molar-refractivity contribution in [3.8, 4) is 22.3 Å². The van der Waals surface area contributed by atoms with E-state index in [0.29, 0.717) is 0 Å². The van der Waals surface area contributed by atoms with Gasteiger partial charge in [-0.3, -0.25) is 9.98 Å². The van der Waals surface area contributed by atoms with Crippen LogP contribution in [-0.2, 0) is 0 Å². The second-order valence-corrected chi connectivity index (χ2v) is 14.6. The molecule has 266 valence electrons. The lowest BCUT2D eigenvalue weighted by Crippen LogP contribution is -2.29. The maximum absolute atomic E-state index is 5.42. The number of hydrogen-bond donors (Lipinski definition) is 1. The van der Waals surface area contributed by atoms with E-state index in [1.165, 1.54) is 44.5 Å². The molecule has 3 nitrogen and oxygen atoms in total.